The van der Waals surface area contributed by atoms with Crippen molar-refractivity contribution in [2.75, 3.05) is 0 Å². The molecular formula is C7H4BrClF2N2O2. The fourth-order valence-corrected chi connectivity index (χ4v) is 1.55. The Morgan fingerprint density at radius 3 is 2.67 bits per heavy atom. The summed E-state index contributed by atoms with van der Waals surface area (Å²) in [5, 5.41) is 10.3. The van der Waals surface area contributed by atoms with Gasteiger partial charge in [-0.3, -0.25) is 0 Å². The van der Waals surface area contributed by atoms with Gasteiger partial charge >= 0.3 is 5.82 Å². The van der Waals surface area contributed by atoms with Gasteiger partial charge in [-0.1, -0.05) is 27.5 Å². The highest BCUT2D eigenvalue weighted by Gasteiger charge is 2.28. The van der Waals surface area contributed by atoms with E-state index in [1.54, 1.807) is 0 Å². The Balaban J connectivity index is 3.42. The second-order valence-corrected chi connectivity index (χ2v) is 3.49. The monoisotopic (exact) mass is 300 g/mol. The fraction of sp³-hybridized carbons (Fsp3) is 0.286. The number of hydrogen-bond donors (Lipinski definition) is 0. The summed E-state index contributed by atoms with van der Waals surface area (Å²) in [4.78, 5) is 13.0. The first-order valence-electron chi connectivity index (χ1n) is 3.65. The molecular weight excluding hydrogens is 297 g/mol. The van der Waals surface area contributed by atoms with Crippen LogP contribution in [-0.2, 0) is 5.33 Å². The van der Waals surface area contributed by atoms with Gasteiger partial charge in [0, 0.05) is 6.07 Å². The van der Waals surface area contributed by atoms with E-state index in [4.69, 9.17) is 11.6 Å². The lowest BCUT2D eigenvalue weighted by atomic mass is 10.2. The third-order valence-corrected chi connectivity index (χ3v) is 2.46. The average Bonchev–Trinajstić information content (AvgIpc) is 2.15. The van der Waals surface area contributed by atoms with E-state index >= 15 is 0 Å². The number of alkyl halides is 3. The van der Waals surface area contributed by atoms with Gasteiger partial charge in [0.25, 0.3) is 6.43 Å². The molecule has 0 fully saturated rings. The summed E-state index contributed by atoms with van der Waals surface area (Å²) in [6.45, 7) is 0. The third kappa shape index (κ3) is 2.60. The van der Waals surface area contributed by atoms with Gasteiger partial charge in [-0.2, -0.15) is 0 Å². The lowest BCUT2D eigenvalue weighted by Gasteiger charge is -2.04. The first-order chi connectivity index (χ1) is 6.97. The van der Waals surface area contributed by atoms with E-state index in [0.717, 1.165) is 0 Å². The lowest BCUT2D eigenvalue weighted by molar-refractivity contribution is -0.391. The Hall–Kier alpha value is -0.820. The Morgan fingerprint density at radius 2 is 2.27 bits per heavy atom. The van der Waals surface area contributed by atoms with E-state index in [2.05, 4.69) is 20.9 Å². The smallest absolute Gasteiger partial charge is 0.358 e. The Bertz CT molecular complexity index is 403. The van der Waals surface area contributed by atoms with Crippen LogP contribution in [0.2, 0.25) is 5.02 Å². The number of nitro groups is 1. The molecule has 82 valence electrons. The van der Waals surface area contributed by atoms with Crippen LogP contribution in [0.3, 0.4) is 0 Å². The van der Waals surface area contributed by atoms with Gasteiger partial charge < -0.3 is 10.1 Å². The maximum absolute atomic E-state index is 12.4. The zero-order chi connectivity index (χ0) is 11.6. The molecule has 8 heteroatoms. The van der Waals surface area contributed by atoms with E-state index < -0.39 is 22.7 Å². The van der Waals surface area contributed by atoms with Crippen LogP contribution in [-0.4, -0.2) is 9.91 Å². The van der Waals surface area contributed by atoms with Crippen molar-refractivity contribution in [3.8, 4) is 0 Å². The largest absolute Gasteiger partial charge is 0.374 e. The minimum atomic E-state index is -3.02. The summed E-state index contributed by atoms with van der Waals surface area (Å²) >= 11 is 8.51. The molecule has 1 heterocycles. The van der Waals surface area contributed by atoms with Gasteiger partial charge in [0.1, 0.15) is 5.56 Å². The number of nitrogens with zero attached hydrogens (tertiary/aromatic N) is 2. The van der Waals surface area contributed by atoms with Gasteiger partial charge in [-0.05, 0) is 9.91 Å². The van der Waals surface area contributed by atoms with Gasteiger partial charge in [-0.15, -0.1) is 0 Å². The topological polar surface area (TPSA) is 56.0 Å². The molecule has 0 amide bonds. The van der Waals surface area contributed by atoms with Crippen LogP contribution in [0.15, 0.2) is 6.07 Å². The van der Waals surface area contributed by atoms with Crippen molar-refractivity contribution >= 4 is 33.3 Å². The highest BCUT2D eigenvalue weighted by atomic mass is 79.9. The lowest BCUT2D eigenvalue weighted by Crippen LogP contribution is -2.02. The van der Waals surface area contributed by atoms with Crippen molar-refractivity contribution in [2.24, 2.45) is 0 Å². The molecule has 0 saturated heterocycles. The maximum Gasteiger partial charge on any atom is 0.374 e. The van der Waals surface area contributed by atoms with Crippen molar-refractivity contribution < 1.29 is 13.7 Å². The van der Waals surface area contributed by atoms with Crippen molar-refractivity contribution in [3.05, 3.63) is 32.5 Å². The van der Waals surface area contributed by atoms with Gasteiger partial charge in [-0.25, -0.2) is 8.78 Å². The van der Waals surface area contributed by atoms with Gasteiger partial charge in [0.05, 0.1) is 10.4 Å². The van der Waals surface area contributed by atoms with Crippen molar-refractivity contribution in [1.82, 2.24) is 4.98 Å². The van der Waals surface area contributed by atoms with Crippen LogP contribution in [0, 0.1) is 10.1 Å². The Kier molecular flexibility index (Phi) is 3.92. The minimum absolute atomic E-state index is 0.205. The predicted molar refractivity (Wildman–Crippen MR) is 53.5 cm³/mol. The minimum Gasteiger partial charge on any atom is -0.358 e. The number of rotatable bonds is 3. The Labute approximate surface area is 96.5 Å². The Morgan fingerprint density at radius 1 is 1.67 bits per heavy atom. The molecule has 15 heavy (non-hydrogen) atoms. The first-order valence-corrected chi connectivity index (χ1v) is 5.15. The van der Waals surface area contributed by atoms with Crippen LogP contribution in [0.5, 0.6) is 0 Å². The summed E-state index contributed by atoms with van der Waals surface area (Å²) in [6, 6.07) is 1.17. The molecule has 0 unspecified atom stereocenters. The zero-order valence-electron chi connectivity index (χ0n) is 7.08. The van der Waals surface area contributed by atoms with Crippen LogP contribution in [0.1, 0.15) is 17.7 Å². The second-order valence-electron chi connectivity index (χ2n) is 2.52. The molecule has 0 saturated carbocycles. The summed E-state index contributed by atoms with van der Waals surface area (Å²) in [5.41, 5.74) is -0.609. The highest BCUT2D eigenvalue weighted by molar-refractivity contribution is 9.08. The number of aromatic nitrogens is 1. The molecule has 0 spiro atoms. The predicted octanol–water partition coefficient (Wildman–Crippen LogP) is 3.48. The first kappa shape index (κ1) is 12.3. The second kappa shape index (κ2) is 4.80. The van der Waals surface area contributed by atoms with Gasteiger partial charge in [0.15, 0.2) is 5.69 Å². The summed E-state index contributed by atoms with van der Waals surface area (Å²) < 4.78 is 24.9. The van der Waals surface area contributed by atoms with E-state index in [-0.39, 0.29) is 16.0 Å². The normalized spacial score (nSPS) is 10.7. The van der Waals surface area contributed by atoms with Gasteiger partial charge in [0.2, 0.25) is 0 Å². The molecule has 0 bridgehead atoms. The molecule has 0 atom stereocenters. The maximum atomic E-state index is 12.4. The van der Waals surface area contributed by atoms with E-state index in [0.29, 0.717) is 0 Å². The molecule has 0 aliphatic heterocycles. The van der Waals surface area contributed by atoms with Crippen LogP contribution >= 0.6 is 27.5 Å². The molecule has 0 aliphatic carbocycles. The molecule has 0 aliphatic rings. The molecule has 1 rings (SSSR count). The number of hydrogen-bond acceptors (Lipinski definition) is 3. The summed E-state index contributed by atoms with van der Waals surface area (Å²) in [6.07, 6.45) is -3.02. The van der Waals surface area contributed by atoms with E-state index in [1.165, 1.54) is 6.07 Å². The van der Waals surface area contributed by atoms with Crippen molar-refractivity contribution in [3.63, 3.8) is 0 Å². The fourth-order valence-electron chi connectivity index (χ4n) is 0.969. The van der Waals surface area contributed by atoms with Crippen LogP contribution in [0.4, 0.5) is 14.6 Å². The zero-order valence-corrected chi connectivity index (χ0v) is 9.43. The van der Waals surface area contributed by atoms with E-state index in [1.807, 2.05) is 0 Å². The molecule has 1 aromatic rings. The molecule has 4 nitrogen and oxygen atoms in total. The standard InChI is InChI=1S/C7H4BrClF2N2O2/c8-2-3-1-4(9)5(6(10)11)7(12-3)13(14)15/h1,6H,2H2. The molecule has 1 aromatic heterocycles. The highest BCUT2D eigenvalue weighted by Crippen LogP contribution is 2.34. The quantitative estimate of drug-likeness (QED) is 0.488. The van der Waals surface area contributed by atoms with Crippen molar-refractivity contribution in [1.29, 1.82) is 0 Å². The molecule has 0 radical (unpaired) electrons. The SMILES string of the molecule is O=[N+]([O-])c1nc(CBr)cc(Cl)c1C(F)F. The molecule has 0 N–H and O–H groups in total. The third-order valence-electron chi connectivity index (χ3n) is 1.57. The summed E-state index contributed by atoms with van der Waals surface area (Å²) in [7, 11) is 0. The summed E-state index contributed by atoms with van der Waals surface area (Å²) in [5.74, 6) is -0.896. The van der Waals surface area contributed by atoms with E-state index in [9.17, 15) is 18.9 Å². The van der Waals surface area contributed by atoms with Crippen LogP contribution in [0.25, 0.3) is 0 Å². The van der Waals surface area contributed by atoms with Crippen molar-refractivity contribution in [2.45, 2.75) is 11.8 Å². The molecule has 0 aromatic carbocycles. The average molecular weight is 301 g/mol. The van der Waals surface area contributed by atoms with Crippen LogP contribution < -0.4 is 0 Å². The number of halogens is 4. The number of pyridine rings is 1.